The van der Waals surface area contributed by atoms with Gasteiger partial charge in [0.25, 0.3) is 5.91 Å². The predicted octanol–water partition coefficient (Wildman–Crippen LogP) is 5.45. The molecule has 0 saturated carbocycles. The first-order valence-corrected chi connectivity index (χ1v) is 12.9. The maximum Gasteiger partial charge on any atom is 0.254 e. The number of sulfone groups is 1. The summed E-state index contributed by atoms with van der Waals surface area (Å²) in [6.07, 6.45) is 1.30. The standard InChI is InChI=1S/C25H17F3N2O3S2/c1-30-12-16-8-14(2-4-19(16)25(30)31)21-5-6-22(34-21)15-9-17(24(28)29-11-15)13-35(32,33)23-7-3-18(26)10-20(23)27/h2-11H,12-13H2,1H3. The van der Waals surface area contributed by atoms with Gasteiger partial charge in [0.05, 0.1) is 5.75 Å². The number of hydrogen-bond donors (Lipinski definition) is 0. The van der Waals surface area contributed by atoms with Gasteiger partial charge >= 0.3 is 0 Å². The largest absolute Gasteiger partial charge is 0.337 e. The Morgan fingerprint density at radius 1 is 0.971 bits per heavy atom. The lowest BCUT2D eigenvalue weighted by Crippen LogP contribution is -2.17. The molecule has 0 radical (unpaired) electrons. The predicted molar refractivity (Wildman–Crippen MR) is 126 cm³/mol. The van der Waals surface area contributed by atoms with Crippen LogP contribution in [0.25, 0.3) is 20.9 Å². The fraction of sp³-hybridized carbons (Fsp3) is 0.120. The summed E-state index contributed by atoms with van der Waals surface area (Å²) in [5, 5.41) is 0. The van der Waals surface area contributed by atoms with Crippen LogP contribution in [0.4, 0.5) is 13.2 Å². The lowest BCUT2D eigenvalue weighted by Gasteiger charge is -2.08. The first kappa shape index (κ1) is 23.3. The first-order valence-electron chi connectivity index (χ1n) is 10.4. The van der Waals surface area contributed by atoms with Gasteiger partial charge in [0, 0.05) is 52.3 Å². The van der Waals surface area contributed by atoms with Crippen molar-refractivity contribution in [3.8, 4) is 20.9 Å². The van der Waals surface area contributed by atoms with Gasteiger partial charge < -0.3 is 4.90 Å². The molecule has 0 bridgehead atoms. The zero-order valence-corrected chi connectivity index (χ0v) is 19.9. The Morgan fingerprint density at radius 3 is 2.46 bits per heavy atom. The molecule has 35 heavy (non-hydrogen) atoms. The van der Waals surface area contributed by atoms with E-state index < -0.39 is 38.1 Å². The minimum Gasteiger partial charge on any atom is -0.337 e. The molecule has 178 valence electrons. The van der Waals surface area contributed by atoms with E-state index in [0.717, 1.165) is 33.0 Å². The van der Waals surface area contributed by atoms with E-state index in [1.54, 1.807) is 18.0 Å². The number of aromatic nitrogens is 1. The number of thiophene rings is 1. The summed E-state index contributed by atoms with van der Waals surface area (Å²) in [5.41, 5.74) is 2.82. The highest BCUT2D eigenvalue weighted by molar-refractivity contribution is 7.90. The van der Waals surface area contributed by atoms with Crippen molar-refractivity contribution in [3.05, 3.63) is 95.1 Å². The van der Waals surface area contributed by atoms with Crippen molar-refractivity contribution >= 4 is 27.1 Å². The number of nitrogens with zero attached hydrogens (tertiary/aromatic N) is 2. The molecule has 5 nitrogen and oxygen atoms in total. The maximum absolute atomic E-state index is 14.4. The summed E-state index contributed by atoms with van der Waals surface area (Å²) >= 11 is 1.41. The van der Waals surface area contributed by atoms with Crippen LogP contribution in [0.3, 0.4) is 0 Å². The van der Waals surface area contributed by atoms with Crippen molar-refractivity contribution in [2.24, 2.45) is 0 Å². The molecule has 3 heterocycles. The van der Waals surface area contributed by atoms with E-state index in [0.29, 0.717) is 23.7 Å². The van der Waals surface area contributed by atoms with Crippen LogP contribution in [0.5, 0.6) is 0 Å². The third-order valence-electron chi connectivity index (χ3n) is 5.75. The van der Waals surface area contributed by atoms with Gasteiger partial charge in [-0.1, -0.05) is 6.07 Å². The summed E-state index contributed by atoms with van der Waals surface area (Å²) in [4.78, 5) is 18.4. The Morgan fingerprint density at radius 2 is 1.71 bits per heavy atom. The van der Waals surface area contributed by atoms with E-state index in [-0.39, 0.29) is 11.5 Å². The van der Waals surface area contributed by atoms with Crippen molar-refractivity contribution in [1.29, 1.82) is 0 Å². The molecular formula is C25H17F3N2O3S2. The topological polar surface area (TPSA) is 67.3 Å². The smallest absolute Gasteiger partial charge is 0.254 e. The maximum atomic E-state index is 14.4. The molecule has 2 aromatic heterocycles. The monoisotopic (exact) mass is 514 g/mol. The van der Waals surface area contributed by atoms with Gasteiger partial charge in [-0.2, -0.15) is 4.39 Å². The molecule has 0 spiro atoms. The minimum atomic E-state index is -4.28. The summed E-state index contributed by atoms with van der Waals surface area (Å²) in [6, 6.07) is 12.8. The number of halogens is 3. The molecule has 10 heteroatoms. The third kappa shape index (κ3) is 4.35. The van der Waals surface area contributed by atoms with E-state index >= 15 is 0 Å². The number of benzene rings is 2. The summed E-state index contributed by atoms with van der Waals surface area (Å²) in [7, 11) is -2.54. The van der Waals surface area contributed by atoms with Gasteiger partial charge in [0.1, 0.15) is 16.5 Å². The van der Waals surface area contributed by atoms with Crippen LogP contribution in [-0.4, -0.2) is 31.3 Å². The number of amides is 1. The number of carbonyl (C=O) groups excluding carboxylic acids is 1. The van der Waals surface area contributed by atoms with E-state index in [4.69, 9.17) is 0 Å². The first-order chi connectivity index (χ1) is 16.6. The molecule has 0 N–H and O–H groups in total. The van der Waals surface area contributed by atoms with Crippen LogP contribution in [-0.2, 0) is 22.1 Å². The molecule has 0 saturated heterocycles. The quantitative estimate of drug-likeness (QED) is 0.262. The van der Waals surface area contributed by atoms with Gasteiger partial charge in [-0.05, 0) is 53.6 Å². The van der Waals surface area contributed by atoms with Crippen LogP contribution in [0.1, 0.15) is 21.5 Å². The number of fused-ring (bicyclic) bond motifs is 1. The highest BCUT2D eigenvalue weighted by Crippen LogP contribution is 2.37. The van der Waals surface area contributed by atoms with Crippen LogP contribution in [0, 0.1) is 17.6 Å². The molecule has 1 amide bonds. The zero-order chi connectivity index (χ0) is 24.9. The van der Waals surface area contributed by atoms with Gasteiger partial charge in [0.2, 0.25) is 5.95 Å². The normalized spacial score (nSPS) is 13.4. The van der Waals surface area contributed by atoms with Crippen LogP contribution < -0.4 is 0 Å². The molecule has 0 unspecified atom stereocenters. The second-order valence-corrected chi connectivity index (χ2v) is 11.2. The van der Waals surface area contributed by atoms with E-state index in [2.05, 4.69) is 4.98 Å². The summed E-state index contributed by atoms with van der Waals surface area (Å²) in [5.74, 6) is -3.97. The molecule has 5 rings (SSSR count). The fourth-order valence-corrected chi connectivity index (χ4v) is 6.39. The van der Waals surface area contributed by atoms with Crippen molar-refractivity contribution in [2.45, 2.75) is 17.2 Å². The average Bonchev–Trinajstić information content (AvgIpc) is 3.40. The number of carbonyl (C=O) groups is 1. The lowest BCUT2D eigenvalue weighted by atomic mass is 10.1. The SMILES string of the molecule is CN1Cc2cc(-c3ccc(-c4cnc(F)c(CS(=O)(=O)c5ccc(F)cc5F)c4)s3)ccc2C1=O. The molecule has 4 aromatic rings. The third-order valence-corrected chi connectivity index (χ3v) is 8.63. The Kier molecular flexibility index (Phi) is 5.72. The second-order valence-electron chi connectivity index (χ2n) is 8.20. The zero-order valence-electron chi connectivity index (χ0n) is 18.3. The Hall–Kier alpha value is -3.50. The van der Waals surface area contributed by atoms with E-state index in [1.165, 1.54) is 23.6 Å². The minimum absolute atomic E-state index is 0.0150. The summed E-state index contributed by atoms with van der Waals surface area (Å²) < 4.78 is 67.0. The van der Waals surface area contributed by atoms with Gasteiger partial charge in [-0.3, -0.25) is 4.79 Å². The van der Waals surface area contributed by atoms with Crippen molar-refractivity contribution < 1.29 is 26.4 Å². The summed E-state index contributed by atoms with van der Waals surface area (Å²) in [6.45, 7) is 0.536. The number of rotatable bonds is 5. The molecule has 0 atom stereocenters. The second kappa shape index (κ2) is 8.62. The number of pyridine rings is 1. The highest BCUT2D eigenvalue weighted by atomic mass is 32.2. The Bertz CT molecular complexity index is 1600. The van der Waals surface area contributed by atoms with Crippen molar-refractivity contribution in [2.75, 3.05) is 7.05 Å². The van der Waals surface area contributed by atoms with Crippen molar-refractivity contribution in [1.82, 2.24) is 9.88 Å². The lowest BCUT2D eigenvalue weighted by molar-refractivity contribution is 0.0816. The molecule has 1 aliphatic rings. The number of hydrogen-bond acceptors (Lipinski definition) is 5. The van der Waals surface area contributed by atoms with Crippen molar-refractivity contribution in [3.63, 3.8) is 0 Å². The Labute approximate surface area is 203 Å². The highest BCUT2D eigenvalue weighted by Gasteiger charge is 2.25. The molecular weight excluding hydrogens is 497 g/mol. The van der Waals surface area contributed by atoms with Gasteiger partial charge in [0.15, 0.2) is 9.84 Å². The van der Waals surface area contributed by atoms with E-state index in [9.17, 15) is 26.4 Å². The molecule has 1 aliphatic heterocycles. The van der Waals surface area contributed by atoms with Crippen LogP contribution in [0.15, 0.2) is 65.7 Å². The fourth-order valence-electron chi connectivity index (χ4n) is 4.01. The van der Waals surface area contributed by atoms with Gasteiger partial charge in [-0.25, -0.2) is 22.2 Å². The van der Waals surface area contributed by atoms with Crippen LogP contribution in [0.2, 0.25) is 0 Å². The molecule has 2 aromatic carbocycles. The average molecular weight is 515 g/mol. The molecule has 0 fully saturated rings. The molecule has 0 aliphatic carbocycles. The van der Waals surface area contributed by atoms with Crippen LogP contribution >= 0.6 is 11.3 Å². The Balaban J connectivity index is 1.44. The van der Waals surface area contributed by atoms with Gasteiger partial charge in [-0.15, -0.1) is 11.3 Å². The van der Waals surface area contributed by atoms with E-state index in [1.807, 2.05) is 24.3 Å².